The van der Waals surface area contributed by atoms with E-state index in [0.29, 0.717) is 17.4 Å². The second kappa shape index (κ2) is 5.91. The third-order valence-electron chi connectivity index (χ3n) is 3.46. The third kappa shape index (κ3) is 2.38. The van der Waals surface area contributed by atoms with E-state index in [1.165, 1.54) is 4.57 Å². The van der Waals surface area contributed by atoms with Gasteiger partial charge in [-0.2, -0.15) is 22.5 Å². The Kier molecular flexibility index (Phi) is 3.92. The summed E-state index contributed by atoms with van der Waals surface area (Å²) in [5, 5.41) is 17.5. The zero-order valence-corrected chi connectivity index (χ0v) is 12.3. The number of halogens is 4. The molecule has 0 radical (unpaired) electrons. The van der Waals surface area contributed by atoms with E-state index in [1.54, 1.807) is 31.2 Å². The van der Waals surface area contributed by atoms with Gasteiger partial charge in [0.05, 0.1) is 5.52 Å². The van der Waals surface area contributed by atoms with Gasteiger partial charge in [-0.25, -0.2) is 0 Å². The topological polar surface area (TPSA) is 62.8 Å². The molecule has 3 rings (SSSR count). The molecule has 0 aliphatic heterocycles. The standard InChI is InChI=1S/C15H10F4N4O/c1-2-23-8-6-4-3-5-7(8)11(15(23)24)21-22-12-9(16)13(18)20-14(19)10(12)17/h3-6,24H,2H2,1H3. The number of aryl methyl sites for hydroxylation is 1. The number of nitrogens with zero attached hydrogens (tertiary/aromatic N) is 4. The average molecular weight is 338 g/mol. The van der Waals surface area contributed by atoms with Gasteiger partial charge in [-0.1, -0.05) is 18.2 Å². The van der Waals surface area contributed by atoms with E-state index >= 15 is 0 Å². The molecule has 0 amide bonds. The first-order chi connectivity index (χ1) is 11.5. The number of aromatic nitrogens is 2. The van der Waals surface area contributed by atoms with Gasteiger partial charge in [0.25, 0.3) is 11.9 Å². The fourth-order valence-corrected chi connectivity index (χ4v) is 2.35. The van der Waals surface area contributed by atoms with Crippen LogP contribution in [0.15, 0.2) is 34.5 Å². The normalized spacial score (nSPS) is 11.7. The lowest BCUT2D eigenvalue weighted by Gasteiger charge is -2.01. The number of hydrogen-bond donors (Lipinski definition) is 1. The SMILES string of the molecule is CCn1c(O)c(N=Nc2c(F)c(F)nc(F)c2F)c2ccccc21. The Bertz CT molecular complexity index is 942. The summed E-state index contributed by atoms with van der Waals surface area (Å²) in [5.41, 5.74) is -0.698. The molecule has 2 aromatic heterocycles. The van der Waals surface area contributed by atoms with Crippen molar-refractivity contribution >= 4 is 22.3 Å². The number of rotatable bonds is 3. The predicted molar refractivity (Wildman–Crippen MR) is 77.5 cm³/mol. The highest BCUT2D eigenvalue weighted by molar-refractivity contribution is 5.94. The van der Waals surface area contributed by atoms with Crippen molar-refractivity contribution in [3.8, 4) is 5.88 Å². The zero-order valence-electron chi connectivity index (χ0n) is 12.3. The van der Waals surface area contributed by atoms with Crippen molar-refractivity contribution in [2.24, 2.45) is 10.2 Å². The molecule has 24 heavy (non-hydrogen) atoms. The molecule has 0 aliphatic carbocycles. The van der Waals surface area contributed by atoms with Crippen molar-refractivity contribution < 1.29 is 22.7 Å². The van der Waals surface area contributed by atoms with Crippen LogP contribution in [0.25, 0.3) is 10.9 Å². The van der Waals surface area contributed by atoms with Gasteiger partial charge in [0.2, 0.25) is 17.5 Å². The molecule has 124 valence electrons. The Morgan fingerprint density at radius 3 is 2.21 bits per heavy atom. The maximum atomic E-state index is 13.6. The fourth-order valence-electron chi connectivity index (χ4n) is 2.35. The average Bonchev–Trinajstić information content (AvgIpc) is 2.84. The van der Waals surface area contributed by atoms with Gasteiger partial charge in [0, 0.05) is 11.9 Å². The molecule has 0 aliphatic rings. The molecule has 0 bridgehead atoms. The summed E-state index contributed by atoms with van der Waals surface area (Å²) in [6.07, 6.45) is 0. The van der Waals surface area contributed by atoms with Crippen LogP contribution in [0.4, 0.5) is 28.9 Å². The predicted octanol–water partition coefficient (Wildman–Crippen LogP) is 4.73. The van der Waals surface area contributed by atoms with Crippen molar-refractivity contribution in [2.45, 2.75) is 13.5 Å². The summed E-state index contributed by atoms with van der Waals surface area (Å²) in [4.78, 5) is 2.43. The summed E-state index contributed by atoms with van der Waals surface area (Å²) in [6, 6.07) is 6.75. The number of pyridine rings is 1. The molecule has 0 saturated heterocycles. The lowest BCUT2D eigenvalue weighted by atomic mass is 10.2. The highest BCUT2D eigenvalue weighted by Crippen LogP contribution is 2.39. The van der Waals surface area contributed by atoms with Crippen molar-refractivity contribution in [2.75, 3.05) is 0 Å². The van der Waals surface area contributed by atoms with Gasteiger partial charge in [-0.15, -0.1) is 10.2 Å². The van der Waals surface area contributed by atoms with E-state index in [0.717, 1.165) is 0 Å². The Balaban J connectivity index is 2.18. The molecular weight excluding hydrogens is 328 g/mol. The van der Waals surface area contributed by atoms with Gasteiger partial charge in [0.15, 0.2) is 11.4 Å². The lowest BCUT2D eigenvalue weighted by Crippen LogP contribution is -1.98. The van der Waals surface area contributed by atoms with Crippen molar-refractivity contribution in [3.05, 3.63) is 47.8 Å². The maximum Gasteiger partial charge on any atom is 0.254 e. The van der Waals surface area contributed by atoms with E-state index in [1.807, 2.05) is 0 Å². The Hall–Kier alpha value is -2.97. The molecule has 0 unspecified atom stereocenters. The number of azo groups is 1. The third-order valence-corrected chi connectivity index (χ3v) is 3.46. The molecule has 0 saturated carbocycles. The van der Waals surface area contributed by atoms with Crippen molar-refractivity contribution in [1.29, 1.82) is 0 Å². The first-order valence-corrected chi connectivity index (χ1v) is 6.87. The number of fused-ring (bicyclic) bond motifs is 1. The Morgan fingerprint density at radius 2 is 1.58 bits per heavy atom. The number of hydrogen-bond acceptors (Lipinski definition) is 4. The van der Waals surface area contributed by atoms with E-state index in [9.17, 15) is 22.7 Å². The summed E-state index contributed by atoms with van der Waals surface area (Å²) in [5.74, 6) is -7.47. The van der Waals surface area contributed by atoms with Gasteiger partial charge in [-0.05, 0) is 13.0 Å². The maximum absolute atomic E-state index is 13.6. The molecule has 1 N–H and O–H groups in total. The molecule has 5 nitrogen and oxygen atoms in total. The summed E-state index contributed by atoms with van der Waals surface area (Å²) in [7, 11) is 0. The second-order valence-corrected chi connectivity index (χ2v) is 4.80. The van der Waals surface area contributed by atoms with E-state index in [-0.39, 0.29) is 11.6 Å². The molecule has 3 aromatic rings. The van der Waals surface area contributed by atoms with E-state index in [4.69, 9.17) is 0 Å². The molecule has 0 spiro atoms. The molecule has 9 heteroatoms. The van der Waals surface area contributed by atoms with Gasteiger partial charge in [0.1, 0.15) is 0 Å². The van der Waals surface area contributed by atoms with Crippen LogP contribution in [0.2, 0.25) is 0 Å². The zero-order chi connectivity index (χ0) is 17.4. The highest BCUT2D eigenvalue weighted by Gasteiger charge is 2.21. The molecule has 0 atom stereocenters. The van der Waals surface area contributed by atoms with Crippen LogP contribution in [-0.2, 0) is 6.54 Å². The van der Waals surface area contributed by atoms with Gasteiger partial charge in [-0.3, -0.25) is 0 Å². The van der Waals surface area contributed by atoms with Crippen LogP contribution in [-0.4, -0.2) is 14.7 Å². The van der Waals surface area contributed by atoms with Crippen LogP contribution in [0.5, 0.6) is 5.88 Å². The second-order valence-electron chi connectivity index (χ2n) is 4.80. The highest BCUT2D eigenvalue weighted by atomic mass is 19.2. The van der Waals surface area contributed by atoms with Crippen molar-refractivity contribution in [3.63, 3.8) is 0 Å². The van der Waals surface area contributed by atoms with Crippen molar-refractivity contribution in [1.82, 2.24) is 9.55 Å². The fraction of sp³-hybridized carbons (Fsp3) is 0.133. The number of para-hydroxylation sites is 1. The van der Waals surface area contributed by atoms with Crippen LogP contribution in [0.3, 0.4) is 0 Å². The van der Waals surface area contributed by atoms with Crippen LogP contribution in [0.1, 0.15) is 6.92 Å². The number of aromatic hydroxyl groups is 1. The van der Waals surface area contributed by atoms with E-state index < -0.39 is 29.2 Å². The van der Waals surface area contributed by atoms with Gasteiger partial charge < -0.3 is 9.67 Å². The number of benzene rings is 1. The van der Waals surface area contributed by atoms with Crippen LogP contribution < -0.4 is 0 Å². The first kappa shape index (κ1) is 15.9. The smallest absolute Gasteiger partial charge is 0.254 e. The minimum Gasteiger partial charge on any atom is -0.493 e. The van der Waals surface area contributed by atoms with Crippen LogP contribution >= 0.6 is 0 Å². The monoisotopic (exact) mass is 338 g/mol. The largest absolute Gasteiger partial charge is 0.493 e. The molecule has 1 aromatic carbocycles. The minimum atomic E-state index is -1.83. The summed E-state index contributed by atoms with van der Waals surface area (Å²) < 4.78 is 54.8. The van der Waals surface area contributed by atoms with E-state index in [2.05, 4.69) is 15.2 Å². The Labute approximate surface area is 132 Å². The Morgan fingerprint density at radius 1 is 1.00 bits per heavy atom. The van der Waals surface area contributed by atoms with Crippen LogP contribution in [0, 0.1) is 23.5 Å². The lowest BCUT2D eigenvalue weighted by molar-refractivity contribution is 0.409. The summed E-state index contributed by atoms with van der Waals surface area (Å²) in [6.45, 7) is 2.18. The molecule has 0 fully saturated rings. The first-order valence-electron chi connectivity index (χ1n) is 6.87. The minimum absolute atomic E-state index is 0.0659. The molecular formula is C15H10F4N4O. The van der Waals surface area contributed by atoms with Gasteiger partial charge >= 0.3 is 0 Å². The molecule has 2 heterocycles. The summed E-state index contributed by atoms with van der Waals surface area (Å²) >= 11 is 0. The quantitative estimate of drug-likeness (QED) is 0.426.